The van der Waals surface area contributed by atoms with Crippen molar-refractivity contribution in [3.63, 3.8) is 0 Å². The highest BCUT2D eigenvalue weighted by atomic mass is 35.5. The Morgan fingerprint density at radius 2 is 2.00 bits per heavy atom. The third-order valence-corrected chi connectivity index (χ3v) is 3.47. The molecule has 0 bridgehead atoms. The molecule has 1 aromatic carbocycles. The maximum atomic E-state index is 12.0. The van der Waals surface area contributed by atoms with Crippen LogP contribution in [0.2, 0.25) is 5.02 Å². The number of halogens is 1. The highest BCUT2D eigenvalue weighted by Crippen LogP contribution is 2.19. The molecular formula is C15H18ClN3O2. The summed E-state index contributed by atoms with van der Waals surface area (Å²) in [6, 6.07) is 9.22. The summed E-state index contributed by atoms with van der Waals surface area (Å²) in [6.07, 6.45) is 0.816. The molecule has 112 valence electrons. The molecular weight excluding hydrogens is 290 g/mol. The lowest BCUT2D eigenvalue weighted by Gasteiger charge is -2.15. The summed E-state index contributed by atoms with van der Waals surface area (Å²) in [7, 11) is 0. The predicted octanol–water partition coefficient (Wildman–Crippen LogP) is 2.62. The van der Waals surface area contributed by atoms with Crippen LogP contribution in [0.5, 0.6) is 0 Å². The lowest BCUT2D eigenvalue weighted by atomic mass is 10.1. The molecule has 1 unspecified atom stereocenters. The Kier molecular flexibility index (Phi) is 4.98. The molecule has 2 rings (SSSR count). The first-order valence-corrected chi connectivity index (χ1v) is 7.12. The van der Waals surface area contributed by atoms with Gasteiger partial charge in [0.1, 0.15) is 5.02 Å². The van der Waals surface area contributed by atoms with Crippen LogP contribution in [0.15, 0.2) is 41.3 Å². The highest BCUT2D eigenvalue weighted by molar-refractivity contribution is 6.32. The number of nitrogens with zero attached hydrogens (tertiary/aromatic N) is 2. The summed E-state index contributed by atoms with van der Waals surface area (Å²) < 4.78 is 1.32. The largest absolute Gasteiger partial charge is 0.387 e. The van der Waals surface area contributed by atoms with Crippen LogP contribution in [0.1, 0.15) is 31.6 Å². The Bertz CT molecular complexity index is 656. The fraction of sp³-hybridized carbons (Fsp3) is 0.333. The van der Waals surface area contributed by atoms with Gasteiger partial charge in [0.15, 0.2) is 0 Å². The van der Waals surface area contributed by atoms with Crippen LogP contribution in [0.3, 0.4) is 0 Å². The van der Waals surface area contributed by atoms with Gasteiger partial charge in [0, 0.05) is 6.54 Å². The zero-order valence-electron chi connectivity index (χ0n) is 12.0. The van der Waals surface area contributed by atoms with Gasteiger partial charge in [-0.15, -0.1) is 0 Å². The van der Waals surface area contributed by atoms with Crippen molar-refractivity contribution in [1.29, 1.82) is 0 Å². The van der Waals surface area contributed by atoms with Crippen LogP contribution in [0, 0.1) is 0 Å². The predicted molar refractivity (Wildman–Crippen MR) is 83.8 cm³/mol. The summed E-state index contributed by atoms with van der Waals surface area (Å²) in [5.41, 5.74) is 0.879. The minimum atomic E-state index is -0.685. The van der Waals surface area contributed by atoms with Crippen LogP contribution >= 0.6 is 11.6 Å². The van der Waals surface area contributed by atoms with Gasteiger partial charge in [0.25, 0.3) is 5.56 Å². The fourth-order valence-corrected chi connectivity index (χ4v) is 2.14. The molecule has 0 fully saturated rings. The second kappa shape index (κ2) is 6.74. The van der Waals surface area contributed by atoms with Gasteiger partial charge in [-0.25, -0.2) is 4.68 Å². The second-order valence-electron chi connectivity index (χ2n) is 5.02. The molecule has 0 aliphatic carbocycles. The first-order valence-electron chi connectivity index (χ1n) is 6.75. The van der Waals surface area contributed by atoms with Crippen LogP contribution in [-0.2, 0) is 0 Å². The summed E-state index contributed by atoms with van der Waals surface area (Å²) >= 11 is 6.05. The Morgan fingerprint density at radius 3 is 2.62 bits per heavy atom. The number of aromatic nitrogens is 2. The Balaban J connectivity index is 2.11. The Hall–Kier alpha value is -1.85. The maximum absolute atomic E-state index is 12.0. The summed E-state index contributed by atoms with van der Waals surface area (Å²) in [6.45, 7) is 3.96. The molecule has 0 spiro atoms. The zero-order valence-corrected chi connectivity index (χ0v) is 12.7. The molecule has 1 aromatic heterocycles. The molecule has 2 N–H and O–H groups in total. The van der Waals surface area contributed by atoms with Crippen molar-refractivity contribution in [2.75, 3.05) is 11.9 Å². The van der Waals surface area contributed by atoms with Gasteiger partial charge in [-0.1, -0.05) is 41.9 Å². The van der Waals surface area contributed by atoms with Crippen molar-refractivity contribution in [2.24, 2.45) is 0 Å². The fourth-order valence-electron chi connectivity index (χ4n) is 1.94. The highest BCUT2D eigenvalue weighted by Gasteiger charge is 2.13. The van der Waals surface area contributed by atoms with E-state index < -0.39 is 6.10 Å². The molecule has 0 radical (unpaired) electrons. The Labute approximate surface area is 128 Å². The molecule has 0 aliphatic rings. The van der Waals surface area contributed by atoms with E-state index in [2.05, 4.69) is 10.4 Å². The molecule has 0 saturated heterocycles. The van der Waals surface area contributed by atoms with E-state index in [4.69, 9.17) is 11.6 Å². The molecule has 2 aromatic rings. The molecule has 1 atom stereocenters. The van der Waals surface area contributed by atoms with Crippen LogP contribution in [0.4, 0.5) is 5.69 Å². The van der Waals surface area contributed by atoms with Gasteiger partial charge in [-0.3, -0.25) is 4.79 Å². The molecule has 6 heteroatoms. The van der Waals surface area contributed by atoms with Gasteiger partial charge in [-0.2, -0.15) is 5.10 Å². The minimum Gasteiger partial charge on any atom is -0.387 e. The lowest BCUT2D eigenvalue weighted by Crippen LogP contribution is -2.26. The van der Waals surface area contributed by atoms with E-state index in [1.165, 1.54) is 10.9 Å². The third-order valence-electron chi connectivity index (χ3n) is 3.10. The molecule has 0 saturated carbocycles. The van der Waals surface area contributed by atoms with Gasteiger partial charge >= 0.3 is 0 Å². The number of anilines is 1. The van der Waals surface area contributed by atoms with Crippen molar-refractivity contribution < 1.29 is 5.11 Å². The zero-order chi connectivity index (χ0) is 15.4. The number of benzene rings is 1. The minimum absolute atomic E-state index is 0.0565. The molecule has 21 heavy (non-hydrogen) atoms. The molecule has 0 aliphatic heterocycles. The van der Waals surface area contributed by atoms with E-state index in [1.54, 1.807) is 0 Å². The van der Waals surface area contributed by atoms with Gasteiger partial charge in [-0.05, 0) is 19.4 Å². The Morgan fingerprint density at radius 1 is 1.33 bits per heavy atom. The number of aliphatic hydroxyl groups is 1. The van der Waals surface area contributed by atoms with Gasteiger partial charge in [0.05, 0.1) is 24.0 Å². The normalized spacial score (nSPS) is 12.4. The van der Waals surface area contributed by atoms with Crippen molar-refractivity contribution in [1.82, 2.24) is 9.78 Å². The summed E-state index contributed by atoms with van der Waals surface area (Å²) in [5.74, 6) is 0. The maximum Gasteiger partial charge on any atom is 0.287 e. The van der Waals surface area contributed by atoms with Crippen molar-refractivity contribution in [2.45, 2.75) is 26.0 Å². The average Bonchev–Trinajstić information content (AvgIpc) is 2.49. The van der Waals surface area contributed by atoms with Crippen LogP contribution in [-0.4, -0.2) is 21.4 Å². The number of nitrogens with one attached hydrogen (secondary N) is 1. The topological polar surface area (TPSA) is 67.2 Å². The molecule has 1 heterocycles. The van der Waals surface area contributed by atoms with Gasteiger partial charge < -0.3 is 10.4 Å². The monoisotopic (exact) mass is 307 g/mol. The number of hydrogen-bond acceptors (Lipinski definition) is 4. The standard InChI is InChI=1S/C15H18ClN3O2/c1-10(2)19-15(21)14(16)12(8-18-19)17-9-13(20)11-6-4-3-5-7-11/h3-8,10,13,17,20H,9H2,1-2H3. The smallest absolute Gasteiger partial charge is 0.287 e. The number of rotatable bonds is 5. The lowest BCUT2D eigenvalue weighted by molar-refractivity contribution is 0.191. The third kappa shape index (κ3) is 3.62. The van der Waals surface area contributed by atoms with E-state index in [0.29, 0.717) is 5.69 Å². The quantitative estimate of drug-likeness (QED) is 0.891. The number of hydrogen-bond donors (Lipinski definition) is 2. The SMILES string of the molecule is CC(C)n1ncc(NCC(O)c2ccccc2)c(Cl)c1=O. The van der Waals surface area contributed by atoms with Crippen molar-refractivity contribution >= 4 is 17.3 Å². The summed E-state index contributed by atoms with van der Waals surface area (Å²) in [4.78, 5) is 12.0. The van der Waals surface area contributed by atoms with E-state index in [0.717, 1.165) is 5.56 Å². The van der Waals surface area contributed by atoms with E-state index >= 15 is 0 Å². The second-order valence-corrected chi connectivity index (χ2v) is 5.40. The molecule has 0 amide bonds. The van der Waals surface area contributed by atoms with E-state index in [-0.39, 0.29) is 23.2 Å². The van der Waals surface area contributed by atoms with E-state index in [1.807, 2.05) is 44.2 Å². The first kappa shape index (κ1) is 15.5. The summed E-state index contributed by atoms with van der Waals surface area (Å²) in [5, 5.41) is 17.2. The van der Waals surface area contributed by atoms with Crippen LogP contribution in [0.25, 0.3) is 0 Å². The first-order chi connectivity index (χ1) is 10.0. The average molecular weight is 308 g/mol. The van der Waals surface area contributed by atoms with Crippen molar-refractivity contribution in [3.05, 3.63) is 57.5 Å². The van der Waals surface area contributed by atoms with Crippen LogP contribution < -0.4 is 10.9 Å². The van der Waals surface area contributed by atoms with Gasteiger partial charge in [0.2, 0.25) is 0 Å². The number of aliphatic hydroxyl groups excluding tert-OH is 1. The molecule has 5 nitrogen and oxygen atoms in total. The van der Waals surface area contributed by atoms with Crippen molar-refractivity contribution in [3.8, 4) is 0 Å². The van der Waals surface area contributed by atoms with E-state index in [9.17, 15) is 9.90 Å².